The Bertz CT molecular complexity index is 484. The molecule has 0 aromatic heterocycles. The van der Waals surface area contributed by atoms with E-state index < -0.39 is 5.54 Å². The molecule has 5 heteroatoms. The summed E-state index contributed by atoms with van der Waals surface area (Å²) in [6, 6.07) is 5.16. The lowest BCUT2D eigenvalue weighted by molar-refractivity contribution is 0.0915. The second kappa shape index (κ2) is 7.31. The first-order valence-electron chi connectivity index (χ1n) is 7.12. The van der Waals surface area contributed by atoms with E-state index >= 15 is 0 Å². The van der Waals surface area contributed by atoms with E-state index in [1.165, 1.54) is 0 Å². The van der Waals surface area contributed by atoms with Gasteiger partial charge in [-0.15, -0.1) is 0 Å². The first-order valence-corrected chi connectivity index (χ1v) is 7.12. The Balaban J connectivity index is 2.88. The SMILES string of the molecule is COc1cc(C(=O)NC(C)(C)CN)ccc1OCC(C)C. The number of ether oxygens (including phenoxy) is 2. The van der Waals surface area contributed by atoms with Crippen LogP contribution in [0.25, 0.3) is 0 Å². The fourth-order valence-corrected chi connectivity index (χ4v) is 1.62. The maximum Gasteiger partial charge on any atom is 0.251 e. The molecule has 3 N–H and O–H groups in total. The average Bonchev–Trinajstić information content (AvgIpc) is 2.44. The first kappa shape index (κ1) is 17.3. The van der Waals surface area contributed by atoms with Gasteiger partial charge in [0.1, 0.15) is 0 Å². The van der Waals surface area contributed by atoms with Gasteiger partial charge in [0.05, 0.1) is 13.7 Å². The van der Waals surface area contributed by atoms with Crippen LogP contribution < -0.4 is 20.5 Å². The van der Waals surface area contributed by atoms with Crippen LogP contribution in [-0.4, -0.2) is 31.7 Å². The number of benzene rings is 1. The normalized spacial score (nSPS) is 11.4. The third kappa shape index (κ3) is 5.27. The van der Waals surface area contributed by atoms with Crippen LogP contribution in [0.2, 0.25) is 0 Å². The minimum atomic E-state index is -0.447. The summed E-state index contributed by atoms with van der Waals surface area (Å²) in [7, 11) is 1.56. The zero-order valence-corrected chi connectivity index (χ0v) is 13.5. The Hall–Kier alpha value is -1.75. The predicted molar refractivity (Wildman–Crippen MR) is 83.9 cm³/mol. The van der Waals surface area contributed by atoms with Crippen LogP contribution >= 0.6 is 0 Å². The molecule has 118 valence electrons. The monoisotopic (exact) mass is 294 g/mol. The summed E-state index contributed by atoms with van der Waals surface area (Å²) >= 11 is 0. The molecule has 0 aliphatic rings. The molecule has 0 fully saturated rings. The van der Waals surface area contributed by atoms with Crippen molar-refractivity contribution >= 4 is 5.91 Å². The standard InChI is InChI=1S/C16H26N2O3/c1-11(2)9-21-13-7-6-12(8-14(13)20-5)15(19)18-16(3,4)10-17/h6-8,11H,9-10,17H2,1-5H3,(H,18,19). The van der Waals surface area contributed by atoms with Crippen LogP contribution in [0, 0.1) is 5.92 Å². The van der Waals surface area contributed by atoms with Crippen LogP contribution in [-0.2, 0) is 0 Å². The van der Waals surface area contributed by atoms with Crippen LogP contribution in [0.15, 0.2) is 18.2 Å². The Kier molecular flexibility index (Phi) is 6.03. The van der Waals surface area contributed by atoms with Crippen molar-refractivity contribution < 1.29 is 14.3 Å². The molecule has 1 aromatic carbocycles. The summed E-state index contributed by atoms with van der Waals surface area (Å²) < 4.78 is 11.0. The van der Waals surface area contributed by atoms with E-state index in [-0.39, 0.29) is 5.91 Å². The maximum absolute atomic E-state index is 12.2. The topological polar surface area (TPSA) is 73.6 Å². The van der Waals surface area contributed by atoms with E-state index in [0.717, 1.165) is 0 Å². The van der Waals surface area contributed by atoms with Gasteiger partial charge in [0.2, 0.25) is 0 Å². The molecule has 5 nitrogen and oxygen atoms in total. The quantitative estimate of drug-likeness (QED) is 0.808. The van der Waals surface area contributed by atoms with Gasteiger partial charge in [0.15, 0.2) is 11.5 Å². The van der Waals surface area contributed by atoms with Crippen LogP contribution in [0.4, 0.5) is 0 Å². The van der Waals surface area contributed by atoms with Gasteiger partial charge in [0.25, 0.3) is 5.91 Å². The van der Waals surface area contributed by atoms with Crippen molar-refractivity contribution in [3.8, 4) is 11.5 Å². The number of carbonyl (C=O) groups is 1. The van der Waals surface area contributed by atoms with Gasteiger partial charge in [-0.2, -0.15) is 0 Å². The van der Waals surface area contributed by atoms with Crippen molar-refractivity contribution in [2.24, 2.45) is 11.7 Å². The van der Waals surface area contributed by atoms with Gasteiger partial charge in [-0.05, 0) is 38.0 Å². The smallest absolute Gasteiger partial charge is 0.251 e. The average molecular weight is 294 g/mol. The lowest BCUT2D eigenvalue weighted by Crippen LogP contribution is -2.48. The highest BCUT2D eigenvalue weighted by molar-refractivity contribution is 5.95. The van der Waals surface area contributed by atoms with Crippen molar-refractivity contribution in [2.75, 3.05) is 20.3 Å². The minimum Gasteiger partial charge on any atom is -0.493 e. The summed E-state index contributed by atoms with van der Waals surface area (Å²) in [6.45, 7) is 8.87. The Morgan fingerprint density at radius 1 is 1.33 bits per heavy atom. The fraction of sp³-hybridized carbons (Fsp3) is 0.562. The molecule has 0 saturated carbocycles. The van der Waals surface area contributed by atoms with E-state index in [4.69, 9.17) is 15.2 Å². The minimum absolute atomic E-state index is 0.181. The predicted octanol–water partition coefficient (Wildman–Crippen LogP) is 2.20. The highest BCUT2D eigenvalue weighted by Crippen LogP contribution is 2.28. The highest BCUT2D eigenvalue weighted by Gasteiger charge is 2.20. The van der Waals surface area contributed by atoms with Gasteiger partial charge >= 0.3 is 0 Å². The Morgan fingerprint density at radius 2 is 2.00 bits per heavy atom. The molecule has 0 aliphatic heterocycles. The Morgan fingerprint density at radius 3 is 2.52 bits per heavy atom. The number of nitrogens with two attached hydrogens (primary N) is 1. The van der Waals surface area contributed by atoms with Crippen LogP contribution in [0.3, 0.4) is 0 Å². The molecular formula is C16H26N2O3. The molecule has 21 heavy (non-hydrogen) atoms. The van der Waals surface area contributed by atoms with Crippen LogP contribution in [0.1, 0.15) is 38.1 Å². The summed E-state index contributed by atoms with van der Waals surface area (Å²) in [4.78, 5) is 12.2. The fourth-order valence-electron chi connectivity index (χ4n) is 1.62. The van der Waals surface area contributed by atoms with Gasteiger partial charge in [0, 0.05) is 17.6 Å². The summed E-state index contributed by atoms with van der Waals surface area (Å²) in [5.74, 6) is 1.43. The number of nitrogens with one attached hydrogen (secondary N) is 1. The highest BCUT2D eigenvalue weighted by atomic mass is 16.5. The molecule has 0 bridgehead atoms. The largest absolute Gasteiger partial charge is 0.493 e. The number of carbonyl (C=O) groups excluding carboxylic acids is 1. The molecule has 0 aliphatic carbocycles. The molecule has 0 spiro atoms. The van der Waals surface area contributed by atoms with Gasteiger partial charge in [-0.3, -0.25) is 4.79 Å². The van der Waals surface area contributed by atoms with Gasteiger partial charge < -0.3 is 20.5 Å². The van der Waals surface area contributed by atoms with E-state index in [9.17, 15) is 4.79 Å². The zero-order chi connectivity index (χ0) is 16.0. The van der Waals surface area contributed by atoms with Crippen molar-refractivity contribution in [1.29, 1.82) is 0 Å². The van der Waals surface area contributed by atoms with Crippen molar-refractivity contribution in [2.45, 2.75) is 33.2 Å². The molecule has 1 aromatic rings. The van der Waals surface area contributed by atoms with E-state index in [1.54, 1.807) is 25.3 Å². The number of methoxy groups -OCH3 is 1. The number of rotatable bonds is 7. The van der Waals surface area contributed by atoms with E-state index in [2.05, 4.69) is 19.2 Å². The number of amides is 1. The molecule has 0 unspecified atom stereocenters. The summed E-state index contributed by atoms with van der Waals surface area (Å²) in [6.07, 6.45) is 0. The molecule has 0 heterocycles. The first-order chi connectivity index (χ1) is 9.79. The molecular weight excluding hydrogens is 268 g/mol. The maximum atomic E-state index is 12.2. The van der Waals surface area contributed by atoms with E-state index in [0.29, 0.717) is 36.1 Å². The van der Waals surface area contributed by atoms with Crippen molar-refractivity contribution in [3.05, 3.63) is 23.8 Å². The van der Waals surface area contributed by atoms with Gasteiger partial charge in [-0.25, -0.2) is 0 Å². The molecule has 1 rings (SSSR count). The summed E-state index contributed by atoms with van der Waals surface area (Å²) in [5.41, 5.74) is 5.69. The van der Waals surface area contributed by atoms with Crippen LogP contribution in [0.5, 0.6) is 11.5 Å². The molecule has 0 atom stereocenters. The third-order valence-electron chi connectivity index (χ3n) is 2.96. The lowest BCUT2D eigenvalue weighted by atomic mass is 10.1. The second-order valence-corrected chi connectivity index (χ2v) is 6.11. The van der Waals surface area contributed by atoms with Crippen molar-refractivity contribution in [1.82, 2.24) is 5.32 Å². The Labute approximate surface area is 126 Å². The van der Waals surface area contributed by atoms with Gasteiger partial charge in [-0.1, -0.05) is 13.8 Å². The van der Waals surface area contributed by atoms with Crippen molar-refractivity contribution in [3.63, 3.8) is 0 Å². The number of hydrogen-bond acceptors (Lipinski definition) is 4. The zero-order valence-electron chi connectivity index (χ0n) is 13.5. The lowest BCUT2D eigenvalue weighted by Gasteiger charge is -2.24. The number of hydrogen-bond donors (Lipinski definition) is 2. The third-order valence-corrected chi connectivity index (χ3v) is 2.96. The van der Waals surface area contributed by atoms with E-state index in [1.807, 2.05) is 13.8 Å². The molecule has 0 saturated heterocycles. The second-order valence-electron chi connectivity index (χ2n) is 6.11. The summed E-state index contributed by atoms with van der Waals surface area (Å²) in [5, 5.41) is 2.88. The molecule has 0 radical (unpaired) electrons. The molecule has 1 amide bonds.